The SMILES string of the molecule is C1=C(c2c[nH]c3ccccc23)CNCC1. The van der Waals surface area contributed by atoms with Crippen molar-refractivity contribution in [2.45, 2.75) is 6.42 Å². The van der Waals surface area contributed by atoms with E-state index in [0.29, 0.717) is 0 Å². The lowest BCUT2D eigenvalue weighted by Gasteiger charge is -2.13. The normalized spacial score (nSPS) is 16.7. The van der Waals surface area contributed by atoms with Gasteiger partial charge >= 0.3 is 0 Å². The van der Waals surface area contributed by atoms with E-state index in [1.807, 2.05) is 0 Å². The van der Waals surface area contributed by atoms with Gasteiger partial charge in [-0.15, -0.1) is 0 Å². The summed E-state index contributed by atoms with van der Waals surface area (Å²) in [6, 6.07) is 8.46. The summed E-state index contributed by atoms with van der Waals surface area (Å²) in [7, 11) is 0. The van der Waals surface area contributed by atoms with Gasteiger partial charge in [0, 0.05) is 29.2 Å². The van der Waals surface area contributed by atoms with Crippen molar-refractivity contribution in [3.8, 4) is 0 Å². The van der Waals surface area contributed by atoms with Crippen molar-refractivity contribution in [3.05, 3.63) is 42.1 Å². The summed E-state index contributed by atoms with van der Waals surface area (Å²) < 4.78 is 0. The van der Waals surface area contributed by atoms with E-state index in [2.05, 4.69) is 46.8 Å². The van der Waals surface area contributed by atoms with E-state index in [9.17, 15) is 0 Å². The topological polar surface area (TPSA) is 27.8 Å². The second kappa shape index (κ2) is 3.55. The van der Waals surface area contributed by atoms with Gasteiger partial charge in [0.05, 0.1) is 0 Å². The number of H-pyrrole nitrogens is 1. The van der Waals surface area contributed by atoms with Crippen LogP contribution in [0.25, 0.3) is 16.5 Å². The van der Waals surface area contributed by atoms with E-state index in [1.165, 1.54) is 22.0 Å². The Morgan fingerprint density at radius 2 is 2.07 bits per heavy atom. The van der Waals surface area contributed by atoms with Gasteiger partial charge in [-0.25, -0.2) is 0 Å². The Kier molecular flexibility index (Phi) is 2.07. The highest BCUT2D eigenvalue weighted by atomic mass is 14.9. The lowest BCUT2D eigenvalue weighted by atomic mass is 10.0. The zero-order chi connectivity index (χ0) is 10.1. The molecule has 0 saturated heterocycles. The number of para-hydroxylation sites is 1. The predicted octanol–water partition coefficient (Wildman–Crippen LogP) is 2.54. The summed E-state index contributed by atoms with van der Waals surface area (Å²) >= 11 is 0. The maximum Gasteiger partial charge on any atom is 0.0460 e. The molecular weight excluding hydrogens is 184 g/mol. The summed E-state index contributed by atoms with van der Waals surface area (Å²) in [5, 5.41) is 4.73. The van der Waals surface area contributed by atoms with Crippen LogP contribution in [0.2, 0.25) is 0 Å². The van der Waals surface area contributed by atoms with Crippen LogP contribution in [-0.4, -0.2) is 18.1 Å². The van der Waals surface area contributed by atoms with Crippen molar-refractivity contribution in [1.82, 2.24) is 10.3 Å². The van der Waals surface area contributed by atoms with Gasteiger partial charge in [-0.05, 0) is 24.6 Å². The Hall–Kier alpha value is -1.54. The van der Waals surface area contributed by atoms with Gasteiger partial charge in [0.25, 0.3) is 0 Å². The van der Waals surface area contributed by atoms with Crippen molar-refractivity contribution in [2.24, 2.45) is 0 Å². The van der Waals surface area contributed by atoms with Crippen molar-refractivity contribution in [2.75, 3.05) is 13.1 Å². The van der Waals surface area contributed by atoms with Crippen molar-refractivity contribution in [1.29, 1.82) is 0 Å². The number of nitrogens with one attached hydrogen (secondary N) is 2. The van der Waals surface area contributed by atoms with Gasteiger partial charge in [-0.2, -0.15) is 0 Å². The molecule has 0 aliphatic carbocycles. The molecule has 0 fully saturated rings. The molecule has 15 heavy (non-hydrogen) atoms. The fourth-order valence-corrected chi connectivity index (χ4v) is 2.19. The second-order valence-electron chi connectivity index (χ2n) is 3.94. The Morgan fingerprint density at radius 3 is 2.93 bits per heavy atom. The molecule has 2 heterocycles. The van der Waals surface area contributed by atoms with Gasteiger partial charge in [-0.1, -0.05) is 24.3 Å². The first kappa shape index (κ1) is 8.74. The number of rotatable bonds is 1. The standard InChI is InChI=1S/C13H14N2/c1-2-6-13-11(5-1)12(9-15-13)10-4-3-7-14-8-10/h1-2,4-6,9,14-15H,3,7-8H2. The molecule has 1 aromatic heterocycles. The maximum absolute atomic E-state index is 3.41. The Bertz CT molecular complexity index is 508. The van der Waals surface area contributed by atoms with Gasteiger partial charge in [0.2, 0.25) is 0 Å². The third-order valence-corrected chi connectivity index (χ3v) is 2.96. The maximum atomic E-state index is 3.41. The van der Waals surface area contributed by atoms with E-state index >= 15 is 0 Å². The number of fused-ring (bicyclic) bond motifs is 1. The molecule has 0 saturated carbocycles. The summed E-state index contributed by atoms with van der Waals surface area (Å²) in [6.45, 7) is 2.09. The first-order valence-corrected chi connectivity index (χ1v) is 5.41. The quantitative estimate of drug-likeness (QED) is 0.724. The van der Waals surface area contributed by atoms with Crippen LogP contribution in [0.15, 0.2) is 36.5 Å². The van der Waals surface area contributed by atoms with Crippen molar-refractivity contribution >= 4 is 16.5 Å². The van der Waals surface area contributed by atoms with Crippen LogP contribution in [0, 0.1) is 0 Å². The minimum atomic E-state index is 0.988. The third kappa shape index (κ3) is 1.47. The number of aromatic nitrogens is 1. The minimum Gasteiger partial charge on any atom is -0.361 e. The van der Waals surface area contributed by atoms with Crippen LogP contribution in [0.3, 0.4) is 0 Å². The zero-order valence-corrected chi connectivity index (χ0v) is 8.59. The molecule has 2 nitrogen and oxygen atoms in total. The molecule has 3 rings (SSSR count). The van der Waals surface area contributed by atoms with Crippen LogP contribution in [-0.2, 0) is 0 Å². The highest BCUT2D eigenvalue weighted by Gasteiger charge is 2.09. The molecule has 1 aliphatic heterocycles. The molecule has 0 amide bonds. The van der Waals surface area contributed by atoms with Crippen LogP contribution in [0.1, 0.15) is 12.0 Å². The lowest BCUT2D eigenvalue weighted by Crippen LogP contribution is -2.21. The number of benzene rings is 1. The van der Waals surface area contributed by atoms with E-state index in [0.717, 1.165) is 19.5 Å². The lowest BCUT2D eigenvalue weighted by molar-refractivity contribution is 0.739. The fourth-order valence-electron chi connectivity index (χ4n) is 2.19. The van der Waals surface area contributed by atoms with Gasteiger partial charge in [0.1, 0.15) is 0 Å². The molecule has 2 heteroatoms. The first-order valence-electron chi connectivity index (χ1n) is 5.41. The third-order valence-electron chi connectivity index (χ3n) is 2.96. The number of aromatic amines is 1. The van der Waals surface area contributed by atoms with Crippen LogP contribution < -0.4 is 5.32 Å². The summed E-state index contributed by atoms with van der Waals surface area (Å²) in [4.78, 5) is 3.32. The fraction of sp³-hybridized carbons (Fsp3) is 0.231. The predicted molar refractivity (Wildman–Crippen MR) is 63.8 cm³/mol. The highest BCUT2D eigenvalue weighted by molar-refractivity contribution is 5.93. The highest BCUT2D eigenvalue weighted by Crippen LogP contribution is 2.25. The molecule has 1 aliphatic rings. The zero-order valence-electron chi connectivity index (χ0n) is 8.59. The molecule has 1 aromatic carbocycles. The minimum absolute atomic E-state index is 0.988. The molecular formula is C13H14N2. The second-order valence-corrected chi connectivity index (χ2v) is 3.94. The molecule has 0 spiro atoms. The van der Waals surface area contributed by atoms with E-state index < -0.39 is 0 Å². The van der Waals surface area contributed by atoms with Crippen LogP contribution in [0.4, 0.5) is 0 Å². The number of hydrogen-bond donors (Lipinski definition) is 2. The van der Waals surface area contributed by atoms with E-state index in [4.69, 9.17) is 0 Å². The summed E-state index contributed by atoms with van der Waals surface area (Å²) in [6.07, 6.45) is 5.59. The first-order chi connectivity index (χ1) is 7.45. The average molecular weight is 198 g/mol. The van der Waals surface area contributed by atoms with Crippen LogP contribution >= 0.6 is 0 Å². The molecule has 0 bridgehead atoms. The molecule has 76 valence electrons. The van der Waals surface area contributed by atoms with Gasteiger partial charge in [-0.3, -0.25) is 0 Å². The molecule has 0 radical (unpaired) electrons. The summed E-state index contributed by atoms with van der Waals surface area (Å²) in [5.74, 6) is 0. The number of hydrogen-bond acceptors (Lipinski definition) is 1. The van der Waals surface area contributed by atoms with Crippen LogP contribution in [0.5, 0.6) is 0 Å². The Morgan fingerprint density at radius 1 is 1.13 bits per heavy atom. The average Bonchev–Trinajstić information content (AvgIpc) is 2.74. The molecule has 2 N–H and O–H groups in total. The van der Waals surface area contributed by atoms with E-state index in [1.54, 1.807) is 0 Å². The molecule has 0 atom stereocenters. The largest absolute Gasteiger partial charge is 0.361 e. The van der Waals surface area contributed by atoms with Gasteiger partial charge < -0.3 is 10.3 Å². The van der Waals surface area contributed by atoms with E-state index in [-0.39, 0.29) is 0 Å². The Labute approximate surface area is 89.0 Å². The van der Waals surface area contributed by atoms with Crippen molar-refractivity contribution < 1.29 is 0 Å². The summed E-state index contributed by atoms with van der Waals surface area (Å²) in [5.41, 5.74) is 3.98. The van der Waals surface area contributed by atoms with Crippen molar-refractivity contribution in [3.63, 3.8) is 0 Å². The molecule has 0 unspecified atom stereocenters. The molecule has 2 aromatic rings. The van der Waals surface area contributed by atoms with Gasteiger partial charge in [0.15, 0.2) is 0 Å². The Balaban J connectivity index is 2.14. The smallest absolute Gasteiger partial charge is 0.0460 e. The monoisotopic (exact) mass is 198 g/mol.